The molecule has 0 spiro atoms. The highest BCUT2D eigenvalue weighted by atomic mass is 35.5. The third kappa shape index (κ3) is 4.52. The molecule has 0 aliphatic carbocycles. The molecule has 2 aliphatic rings. The van der Waals surface area contributed by atoms with E-state index in [0.29, 0.717) is 6.41 Å². The molecule has 14 heteroatoms. The minimum Gasteiger partial charge on any atom is -0.481 e. The first-order valence-corrected chi connectivity index (χ1v) is 11.1. The van der Waals surface area contributed by atoms with Crippen molar-refractivity contribution in [1.29, 1.82) is 0 Å². The van der Waals surface area contributed by atoms with Crippen molar-refractivity contribution in [2.75, 3.05) is 24.2 Å². The van der Waals surface area contributed by atoms with E-state index in [-0.39, 0.29) is 35.3 Å². The topological polar surface area (TPSA) is 155 Å². The fourth-order valence-corrected chi connectivity index (χ4v) is 5.50. The molecule has 0 saturated carbocycles. The van der Waals surface area contributed by atoms with Crippen molar-refractivity contribution in [1.82, 2.24) is 15.2 Å². The first kappa shape index (κ1) is 23.0. The van der Waals surface area contributed by atoms with Crippen molar-refractivity contribution in [2.45, 2.75) is 18.3 Å². The maximum absolute atomic E-state index is 12.7. The lowest BCUT2D eigenvalue weighted by Crippen LogP contribution is -2.74. The van der Waals surface area contributed by atoms with Gasteiger partial charge in [-0.15, -0.1) is 23.1 Å². The van der Waals surface area contributed by atoms with Crippen LogP contribution in [0.4, 0.5) is 5.13 Å². The third-order valence-electron chi connectivity index (χ3n) is 4.75. The SMILES string of the molecule is CC(=O)OCC1(C(=O)O)CS[C@@H]2C(NC(=O)C(=CCl)c3csc(NC=O)n3)C(=O)N2C1. The molecule has 0 aromatic carbocycles. The number of thioether (sulfide) groups is 1. The zero-order chi connectivity index (χ0) is 22.8. The van der Waals surface area contributed by atoms with E-state index in [1.807, 2.05) is 0 Å². The number of hydrogen-bond donors (Lipinski definition) is 3. The monoisotopic (exact) mass is 488 g/mol. The number of carboxylic acid groups (broad SMARTS) is 1. The number of aromatic nitrogens is 1. The summed E-state index contributed by atoms with van der Waals surface area (Å²) in [5.41, 5.74) is -0.147. The molecule has 166 valence electrons. The highest BCUT2D eigenvalue weighted by Crippen LogP contribution is 2.42. The highest BCUT2D eigenvalue weighted by molar-refractivity contribution is 8.00. The molecule has 2 saturated heterocycles. The Labute approximate surface area is 189 Å². The minimum atomic E-state index is -1.42. The van der Waals surface area contributed by atoms with Gasteiger partial charge in [-0.1, -0.05) is 11.6 Å². The Kier molecular flexibility index (Phi) is 6.86. The molecule has 0 bridgehead atoms. The maximum atomic E-state index is 12.7. The summed E-state index contributed by atoms with van der Waals surface area (Å²) in [6, 6.07) is -0.865. The summed E-state index contributed by atoms with van der Waals surface area (Å²) in [6.07, 6.45) is 0.452. The summed E-state index contributed by atoms with van der Waals surface area (Å²) in [5.74, 6) is -2.76. The molecular weight excluding hydrogens is 472 g/mol. The van der Waals surface area contributed by atoms with Crippen molar-refractivity contribution in [3.05, 3.63) is 16.6 Å². The van der Waals surface area contributed by atoms with Gasteiger partial charge in [0.1, 0.15) is 23.4 Å². The second kappa shape index (κ2) is 9.24. The number of carbonyl (C=O) groups excluding carboxylic acids is 4. The standard InChI is InChI=1S/C17H17ClN4O7S2/c1-8(24)29-5-17(15(27)28)4-22-13(26)11(14(22)31-6-17)21-12(25)9(2-18)10-3-30-16(20-10)19-7-23/h2-3,7,11,14H,4-6H2,1H3,(H,21,25)(H,27,28)(H,19,20,23)/t11?,14-,17?/m1/s1. The summed E-state index contributed by atoms with van der Waals surface area (Å²) in [6.45, 7) is 0.693. The van der Waals surface area contributed by atoms with Crippen LogP contribution in [-0.4, -0.2) is 75.5 Å². The fraction of sp³-hybridized carbons (Fsp3) is 0.412. The van der Waals surface area contributed by atoms with Crippen LogP contribution in [-0.2, 0) is 28.7 Å². The van der Waals surface area contributed by atoms with Gasteiger partial charge < -0.3 is 25.4 Å². The van der Waals surface area contributed by atoms with Crippen molar-refractivity contribution in [3.63, 3.8) is 0 Å². The Morgan fingerprint density at radius 1 is 1.48 bits per heavy atom. The van der Waals surface area contributed by atoms with Gasteiger partial charge in [0, 0.05) is 30.1 Å². The Bertz CT molecular complexity index is 968. The largest absolute Gasteiger partial charge is 0.481 e. The molecule has 2 aliphatic heterocycles. The van der Waals surface area contributed by atoms with Gasteiger partial charge in [-0.05, 0) is 0 Å². The Hall–Kier alpha value is -2.64. The van der Waals surface area contributed by atoms with Crippen LogP contribution in [0, 0.1) is 5.41 Å². The number of β-lactam (4-membered cyclic amide) rings is 1. The summed E-state index contributed by atoms with van der Waals surface area (Å²) in [7, 11) is 0. The maximum Gasteiger partial charge on any atom is 0.315 e. The molecule has 2 fully saturated rings. The first-order chi connectivity index (χ1) is 14.7. The number of amides is 3. The molecule has 3 rings (SSSR count). The molecule has 11 nitrogen and oxygen atoms in total. The van der Waals surface area contributed by atoms with E-state index in [1.54, 1.807) is 0 Å². The van der Waals surface area contributed by atoms with Crippen molar-refractivity contribution in [2.24, 2.45) is 5.41 Å². The normalized spacial score (nSPS) is 25.2. The van der Waals surface area contributed by atoms with Gasteiger partial charge in [-0.3, -0.25) is 24.0 Å². The van der Waals surface area contributed by atoms with E-state index in [2.05, 4.69) is 15.6 Å². The van der Waals surface area contributed by atoms with Crippen LogP contribution in [0.25, 0.3) is 5.57 Å². The average Bonchev–Trinajstić information content (AvgIpc) is 3.19. The van der Waals surface area contributed by atoms with Crippen LogP contribution in [0.15, 0.2) is 10.9 Å². The second-order valence-electron chi connectivity index (χ2n) is 6.81. The van der Waals surface area contributed by atoms with E-state index >= 15 is 0 Å². The van der Waals surface area contributed by atoms with Crippen LogP contribution in [0.2, 0.25) is 0 Å². The van der Waals surface area contributed by atoms with Gasteiger partial charge in [-0.25, -0.2) is 4.98 Å². The number of anilines is 1. The molecule has 1 aromatic rings. The number of esters is 1. The van der Waals surface area contributed by atoms with Crippen molar-refractivity contribution in [3.8, 4) is 0 Å². The van der Waals surface area contributed by atoms with Crippen LogP contribution in [0.5, 0.6) is 0 Å². The average molecular weight is 489 g/mol. The van der Waals surface area contributed by atoms with Gasteiger partial charge in [0.2, 0.25) is 12.3 Å². The van der Waals surface area contributed by atoms with Crippen LogP contribution in [0.3, 0.4) is 0 Å². The third-order valence-corrected chi connectivity index (χ3v) is 7.33. The molecule has 2 unspecified atom stereocenters. The van der Waals surface area contributed by atoms with Gasteiger partial charge >= 0.3 is 11.9 Å². The predicted octanol–water partition coefficient (Wildman–Crippen LogP) is 0.325. The van der Waals surface area contributed by atoms with E-state index in [0.717, 1.165) is 16.9 Å². The van der Waals surface area contributed by atoms with Crippen LogP contribution < -0.4 is 10.6 Å². The van der Waals surface area contributed by atoms with E-state index < -0.39 is 40.6 Å². The van der Waals surface area contributed by atoms with Gasteiger partial charge in [0.15, 0.2) is 5.13 Å². The summed E-state index contributed by atoms with van der Waals surface area (Å²) in [4.78, 5) is 64.1. The van der Waals surface area contributed by atoms with E-state index in [1.165, 1.54) is 29.0 Å². The Morgan fingerprint density at radius 2 is 2.23 bits per heavy atom. The number of carboxylic acids is 1. The summed E-state index contributed by atoms with van der Waals surface area (Å²) < 4.78 is 4.90. The number of halogens is 1. The molecule has 3 amide bonds. The van der Waals surface area contributed by atoms with E-state index in [9.17, 15) is 29.1 Å². The number of nitrogens with one attached hydrogen (secondary N) is 2. The molecule has 0 radical (unpaired) electrons. The number of ether oxygens (including phenoxy) is 1. The van der Waals surface area contributed by atoms with Gasteiger partial charge in [-0.2, -0.15) is 0 Å². The lowest BCUT2D eigenvalue weighted by Gasteiger charge is -2.53. The predicted molar refractivity (Wildman–Crippen MR) is 112 cm³/mol. The number of carbonyl (C=O) groups is 5. The Balaban J connectivity index is 1.66. The zero-order valence-corrected chi connectivity index (χ0v) is 18.4. The summed E-state index contributed by atoms with van der Waals surface area (Å²) >= 11 is 8.06. The van der Waals surface area contributed by atoms with E-state index in [4.69, 9.17) is 16.3 Å². The minimum absolute atomic E-state index is 0.0127. The Morgan fingerprint density at radius 3 is 2.84 bits per heavy atom. The number of nitrogens with zero attached hydrogens (tertiary/aromatic N) is 2. The first-order valence-electron chi connectivity index (χ1n) is 8.78. The number of hydrogen-bond acceptors (Lipinski definition) is 9. The fourth-order valence-electron chi connectivity index (χ4n) is 3.10. The van der Waals surface area contributed by atoms with Crippen molar-refractivity contribution < 1.29 is 33.8 Å². The summed E-state index contributed by atoms with van der Waals surface area (Å²) in [5, 5.41) is 15.9. The van der Waals surface area contributed by atoms with Gasteiger partial charge in [0.05, 0.1) is 11.3 Å². The number of rotatable bonds is 8. The number of fused-ring (bicyclic) bond motifs is 1. The number of thiazole rings is 1. The highest BCUT2D eigenvalue weighted by Gasteiger charge is 2.58. The number of aliphatic carboxylic acids is 1. The lowest BCUT2D eigenvalue weighted by atomic mass is 9.88. The molecule has 3 heterocycles. The van der Waals surface area contributed by atoms with Crippen LogP contribution in [0.1, 0.15) is 12.6 Å². The van der Waals surface area contributed by atoms with Crippen LogP contribution >= 0.6 is 34.7 Å². The molecule has 3 N–H and O–H groups in total. The van der Waals surface area contributed by atoms with Gasteiger partial charge in [0.25, 0.3) is 5.91 Å². The van der Waals surface area contributed by atoms with Crippen molar-refractivity contribution >= 4 is 75.6 Å². The molecule has 3 atom stereocenters. The molecular formula is C17H17ClN4O7S2. The zero-order valence-electron chi connectivity index (χ0n) is 16.0. The molecule has 31 heavy (non-hydrogen) atoms. The second-order valence-corrected chi connectivity index (χ2v) is 8.99. The smallest absolute Gasteiger partial charge is 0.315 e. The molecule has 1 aromatic heterocycles. The lowest BCUT2D eigenvalue weighted by molar-refractivity contribution is -0.164. The quantitative estimate of drug-likeness (QED) is 0.203.